The van der Waals surface area contributed by atoms with Crippen LogP contribution in [0.15, 0.2) is 12.4 Å². The first-order valence-electron chi connectivity index (χ1n) is 8.30. The maximum absolute atomic E-state index is 4.50. The Morgan fingerprint density at radius 3 is 2.55 bits per heavy atom. The molecule has 112 valence electrons. The molecule has 20 heavy (non-hydrogen) atoms. The molecule has 0 saturated carbocycles. The summed E-state index contributed by atoms with van der Waals surface area (Å²) in [5.41, 5.74) is 0. The summed E-state index contributed by atoms with van der Waals surface area (Å²) < 4.78 is 2.26. The van der Waals surface area contributed by atoms with E-state index in [1.807, 2.05) is 6.20 Å². The van der Waals surface area contributed by atoms with Gasteiger partial charge in [0.25, 0.3) is 0 Å². The van der Waals surface area contributed by atoms with Crippen molar-refractivity contribution in [3.05, 3.63) is 18.2 Å². The molecule has 3 rings (SSSR count). The van der Waals surface area contributed by atoms with E-state index in [0.29, 0.717) is 0 Å². The van der Waals surface area contributed by atoms with Crippen LogP contribution >= 0.6 is 0 Å². The fourth-order valence-corrected chi connectivity index (χ4v) is 3.88. The summed E-state index contributed by atoms with van der Waals surface area (Å²) in [5, 5.41) is 3.48. The third-order valence-electron chi connectivity index (χ3n) is 5.19. The lowest BCUT2D eigenvalue weighted by Crippen LogP contribution is -2.39. The van der Waals surface area contributed by atoms with Gasteiger partial charge < -0.3 is 9.88 Å². The van der Waals surface area contributed by atoms with Gasteiger partial charge in [-0.1, -0.05) is 0 Å². The molecular formula is C16H28N4. The molecule has 0 spiro atoms. The molecule has 4 nitrogen and oxygen atoms in total. The first kappa shape index (κ1) is 14.1. The van der Waals surface area contributed by atoms with Crippen LogP contribution < -0.4 is 5.32 Å². The molecule has 2 aliphatic heterocycles. The van der Waals surface area contributed by atoms with Gasteiger partial charge in [-0.2, -0.15) is 0 Å². The number of likely N-dealkylation sites (tertiary alicyclic amines) is 1. The van der Waals surface area contributed by atoms with Crippen LogP contribution in [0.2, 0.25) is 0 Å². The third-order valence-corrected chi connectivity index (χ3v) is 5.19. The number of nitrogens with one attached hydrogen (secondary N) is 1. The molecule has 0 bridgehead atoms. The summed E-state index contributed by atoms with van der Waals surface area (Å²) in [6.07, 6.45) is 9.59. The minimum atomic E-state index is 0.972. The van der Waals surface area contributed by atoms with E-state index in [9.17, 15) is 0 Å². The van der Waals surface area contributed by atoms with Gasteiger partial charge in [0.1, 0.15) is 5.82 Å². The van der Waals surface area contributed by atoms with Crippen molar-refractivity contribution < 1.29 is 0 Å². The lowest BCUT2D eigenvalue weighted by molar-refractivity contribution is 0.123. The van der Waals surface area contributed by atoms with Gasteiger partial charge in [0.15, 0.2) is 0 Å². The van der Waals surface area contributed by atoms with Crippen LogP contribution in [0, 0.1) is 11.8 Å². The molecule has 1 aromatic heterocycles. The second-order valence-electron chi connectivity index (χ2n) is 6.33. The highest BCUT2D eigenvalue weighted by Crippen LogP contribution is 2.31. The minimum absolute atomic E-state index is 0.972. The standard InChI is InChI=1S/C16H28N4/c1-2-20-12-9-18-16(20)13-19-10-5-15(6-11-19)14-3-7-17-8-4-14/h9,12,14-15,17H,2-8,10-11,13H2,1H3. The van der Waals surface area contributed by atoms with Crippen LogP contribution in [-0.4, -0.2) is 40.6 Å². The number of piperidine rings is 2. The molecule has 0 unspecified atom stereocenters. The average Bonchev–Trinajstić information content (AvgIpc) is 2.96. The zero-order valence-corrected chi connectivity index (χ0v) is 12.7. The number of hydrogen-bond donors (Lipinski definition) is 1. The second kappa shape index (κ2) is 6.72. The Kier molecular flexibility index (Phi) is 4.73. The quantitative estimate of drug-likeness (QED) is 0.914. The first-order chi connectivity index (χ1) is 9.86. The molecule has 2 aliphatic rings. The molecule has 1 N–H and O–H groups in total. The van der Waals surface area contributed by atoms with E-state index in [1.165, 1.54) is 57.7 Å². The van der Waals surface area contributed by atoms with Crippen LogP contribution in [0.1, 0.15) is 38.4 Å². The SMILES string of the molecule is CCn1ccnc1CN1CCC(C2CCNCC2)CC1. The van der Waals surface area contributed by atoms with Gasteiger partial charge in [-0.15, -0.1) is 0 Å². The lowest BCUT2D eigenvalue weighted by atomic mass is 9.79. The molecule has 0 aliphatic carbocycles. The Labute approximate surface area is 122 Å². The van der Waals surface area contributed by atoms with Crippen molar-refractivity contribution in [3.8, 4) is 0 Å². The Hall–Kier alpha value is -0.870. The largest absolute Gasteiger partial charge is 0.334 e. The Balaban J connectivity index is 1.48. The van der Waals surface area contributed by atoms with Crippen molar-refractivity contribution in [2.75, 3.05) is 26.2 Å². The zero-order valence-electron chi connectivity index (χ0n) is 12.7. The normalized spacial score (nSPS) is 23.2. The van der Waals surface area contributed by atoms with Crippen molar-refractivity contribution in [1.82, 2.24) is 19.8 Å². The summed E-state index contributed by atoms with van der Waals surface area (Å²) in [6.45, 7) is 9.23. The van der Waals surface area contributed by atoms with E-state index in [-0.39, 0.29) is 0 Å². The topological polar surface area (TPSA) is 33.1 Å². The van der Waals surface area contributed by atoms with Gasteiger partial charge in [-0.3, -0.25) is 4.90 Å². The van der Waals surface area contributed by atoms with Crippen molar-refractivity contribution in [1.29, 1.82) is 0 Å². The average molecular weight is 276 g/mol. The van der Waals surface area contributed by atoms with Crippen molar-refractivity contribution in [2.45, 2.75) is 45.7 Å². The predicted molar refractivity (Wildman–Crippen MR) is 81.5 cm³/mol. The van der Waals surface area contributed by atoms with Gasteiger partial charge in [-0.25, -0.2) is 4.98 Å². The fourth-order valence-electron chi connectivity index (χ4n) is 3.88. The summed E-state index contributed by atoms with van der Waals surface area (Å²) in [6, 6.07) is 0. The summed E-state index contributed by atoms with van der Waals surface area (Å²) in [4.78, 5) is 7.09. The number of rotatable bonds is 4. The Morgan fingerprint density at radius 2 is 1.85 bits per heavy atom. The van der Waals surface area contributed by atoms with Crippen molar-refractivity contribution in [2.24, 2.45) is 11.8 Å². The molecule has 0 aromatic carbocycles. The molecule has 1 aromatic rings. The van der Waals surface area contributed by atoms with Crippen LogP contribution in [0.25, 0.3) is 0 Å². The highest BCUT2D eigenvalue weighted by Gasteiger charge is 2.27. The number of aryl methyl sites for hydroxylation is 1. The molecule has 0 radical (unpaired) electrons. The molecule has 0 atom stereocenters. The fraction of sp³-hybridized carbons (Fsp3) is 0.812. The lowest BCUT2D eigenvalue weighted by Gasteiger charge is -2.37. The predicted octanol–water partition coefficient (Wildman–Crippen LogP) is 2.11. The van der Waals surface area contributed by atoms with E-state index < -0.39 is 0 Å². The monoisotopic (exact) mass is 276 g/mol. The molecule has 3 heterocycles. The number of imidazole rings is 1. The second-order valence-corrected chi connectivity index (χ2v) is 6.33. The van der Waals surface area contributed by atoms with Crippen molar-refractivity contribution in [3.63, 3.8) is 0 Å². The highest BCUT2D eigenvalue weighted by atomic mass is 15.2. The van der Waals surface area contributed by atoms with Crippen LogP contribution in [0.5, 0.6) is 0 Å². The van der Waals surface area contributed by atoms with Gasteiger partial charge in [0.2, 0.25) is 0 Å². The Morgan fingerprint density at radius 1 is 1.15 bits per heavy atom. The maximum Gasteiger partial charge on any atom is 0.122 e. The van der Waals surface area contributed by atoms with Crippen molar-refractivity contribution >= 4 is 0 Å². The number of aromatic nitrogens is 2. The van der Waals surface area contributed by atoms with E-state index in [0.717, 1.165) is 24.9 Å². The van der Waals surface area contributed by atoms with E-state index in [1.54, 1.807) is 0 Å². The van der Waals surface area contributed by atoms with Crippen LogP contribution in [-0.2, 0) is 13.1 Å². The summed E-state index contributed by atoms with van der Waals surface area (Å²) >= 11 is 0. The molecule has 2 fully saturated rings. The highest BCUT2D eigenvalue weighted by molar-refractivity contribution is 4.93. The van der Waals surface area contributed by atoms with E-state index in [4.69, 9.17) is 0 Å². The third kappa shape index (κ3) is 3.23. The van der Waals surface area contributed by atoms with Crippen LogP contribution in [0.3, 0.4) is 0 Å². The first-order valence-corrected chi connectivity index (χ1v) is 8.30. The smallest absolute Gasteiger partial charge is 0.122 e. The molecule has 2 saturated heterocycles. The number of nitrogens with zero attached hydrogens (tertiary/aromatic N) is 3. The van der Waals surface area contributed by atoms with Crippen LogP contribution in [0.4, 0.5) is 0 Å². The van der Waals surface area contributed by atoms with E-state index >= 15 is 0 Å². The molecule has 4 heteroatoms. The van der Waals surface area contributed by atoms with Gasteiger partial charge in [0.05, 0.1) is 6.54 Å². The summed E-state index contributed by atoms with van der Waals surface area (Å²) in [7, 11) is 0. The van der Waals surface area contributed by atoms with Gasteiger partial charge in [0, 0.05) is 18.9 Å². The van der Waals surface area contributed by atoms with Gasteiger partial charge >= 0.3 is 0 Å². The summed E-state index contributed by atoms with van der Waals surface area (Å²) in [5.74, 6) is 3.18. The van der Waals surface area contributed by atoms with Gasteiger partial charge in [-0.05, 0) is 70.6 Å². The zero-order chi connectivity index (χ0) is 13.8. The minimum Gasteiger partial charge on any atom is -0.334 e. The molecule has 0 amide bonds. The maximum atomic E-state index is 4.50. The Bertz CT molecular complexity index is 400. The number of hydrogen-bond acceptors (Lipinski definition) is 3. The molecular weight excluding hydrogens is 248 g/mol. The van der Waals surface area contributed by atoms with E-state index in [2.05, 4.69) is 32.9 Å².